The van der Waals surface area contributed by atoms with Crippen molar-refractivity contribution < 1.29 is 18.0 Å². The fourth-order valence-electron chi connectivity index (χ4n) is 4.22. The van der Waals surface area contributed by atoms with E-state index in [1.54, 1.807) is 0 Å². The SMILES string of the molecule is CC(=O)c1ccc(S(=O)(=O)N2CCN([C@H](C(=O)Nc3ccc(C)cc3)c3ccccc3)CC2)cc1. The summed E-state index contributed by atoms with van der Waals surface area (Å²) < 4.78 is 27.8. The molecular weight excluding hydrogens is 462 g/mol. The topological polar surface area (TPSA) is 86.8 Å². The van der Waals surface area contributed by atoms with Crippen LogP contribution >= 0.6 is 0 Å². The maximum absolute atomic E-state index is 13.4. The van der Waals surface area contributed by atoms with Crippen molar-refractivity contribution in [3.8, 4) is 0 Å². The summed E-state index contributed by atoms with van der Waals surface area (Å²) in [7, 11) is -3.70. The lowest BCUT2D eigenvalue weighted by atomic mass is 10.0. The standard InChI is InChI=1S/C27H29N3O4S/c1-20-8-12-24(13-9-20)28-27(32)26(23-6-4-3-5-7-23)29-16-18-30(19-17-29)35(33,34)25-14-10-22(11-15-25)21(2)31/h3-15,26H,16-19H2,1-2H3,(H,28,32)/t26-/m0/s1. The molecule has 3 aromatic rings. The van der Waals surface area contributed by atoms with Gasteiger partial charge in [0.25, 0.3) is 0 Å². The van der Waals surface area contributed by atoms with Crippen molar-refractivity contribution in [2.24, 2.45) is 0 Å². The van der Waals surface area contributed by atoms with Crippen molar-refractivity contribution in [3.05, 3.63) is 95.6 Å². The highest BCUT2D eigenvalue weighted by molar-refractivity contribution is 7.89. The Morgan fingerprint density at radius 2 is 1.43 bits per heavy atom. The number of ketones is 1. The molecule has 1 atom stereocenters. The fourth-order valence-corrected chi connectivity index (χ4v) is 5.65. The number of rotatable bonds is 7. The molecule has 1 aliphatic rings. The van der Waals surface area contributed by atoms with Crippen molar-refractivity contribution >= 4 is 27.4 Å². The van der Waals surface area contributed by atoms with Gasteiger partial charge in [-0.1, -0.05) is 60.2 Å². The highest BCUT2D eigenvalue weighted by Crippen LogP contribution is 2.26. The van der Waals surface area contributed by atoms with E-state index >= 15 is 0 Å². The molecule has 0 spiro atoms. The number of hydrogen-bond acceptors (Lipinski definition) is 5. The van der Waals surface area contributed by atoms with E-state index in [0.29, 0.717) is 18.7 Å². The third-order valence-corrected chi connectivity index (χ3v) is 8.13. The number of aryl methyl sites for hydroxylation is 1. The lowest BCUT2D eigenvalue weighted by Gasteiger charge is -2.38. The largest absolute Gasteiger partial charge is 0.324 e. The summed E-state index contributed by atoms with van der Waals surface area (Å²) >= 11 is 0. The minimum absolute atomic E-state index is 0.113. The second kappa shape index (κ2) is 10.5. The number of hydrogen-bond donors (Lipinski definition) is 1. The van der Waals surface area contributed by atoms with Gasteiger partial charge in [-0.05, 0) is 43.7 Å². The molecule has 1 N–H and O–H groups in total. The number of sulfonamides is 1. The van der Waals surface area contributed by atoms with Crippen molar-refractivity contribution in [2.45, 2.75) is 24.8 Å². The van der Waals surface area contributed by atoms with Gasteiger partial charge in [-0.15, -0.1) is 0 Å². The van der Waals surface area contributed by atoms with Crippen LogP contribution < -0.4 is 5.32 Å². The Bertz CT molecular complexity index is 1280. The third kappa shape index (κ3) is 5.67. The van der Waals surface area contributed by atoms with E-state index in [0.717, 1.165) is 16.8 Å². The average Bonchev–Trinajstić information content (AvgIpc) is 2.86. The maximum Gasteiger partial charge on any atom is 0.246 e. The van der Waals surface area contributed by atoms with Crippen molar-refractivity contribution in [2.75, 3.05) is 31.5 Å². The lowest BCUT2D eigenvalue weighted by molar-refractivity contribution is -0.122. The van der Waals surface area contributed by atoms with Crippen molar-refractivity contribution in [3.63, 3.8) is 0 Å². The number of carbonyl (C=O) groups excluding carboxylic acids is 2. The van der Waals surface area contributed by atoms with Gasteiger partial charge < -0.3 is 5.32 Å². The number of anilines is 1. The third-order valence-electron chi connectivity index (χ3n) is 6.22. The molecule has 8 heteroatoms. The Kier molecular flexibility index (Phi) is 7.45. The monoisotopic (exact) mass is 491 g/mol. The summed E-state index contributed by atoms with van der Waals surface area (Å²) in [5.74, 6) is -0.269. The first kappa shape index (κ1) is 24.8. The van der Waals surface area contributed by atoms with Crippen LogP contribution in [0.2, 0.25) is 0 Å². The zero-order chi connectivity index (χ0) is 25.0. The van der Waals surface area contributed by atoms with Gasteiger partial charge in [-0.2, -0.15) is 4.31 Å². The number of Topliss-reactive ketones (excluding diaryl/α,β-unsaturated/α-hetero) is 1. The first-order chi connectivity index (χ1) is 16.8. The second-order valence-corrected chi connectivity index (χ2v) is 10.6. The Balaban J connectivity index is 1.50. The molecule has 0 aromatic heterocycles. The predicted molar refractivity (Wildman–Crippen MR) is 136 cm³/mol. The molecule has 1 saturated heterocycles. The van der Waals surface area contributed by atoms with Crippen LogP contribution in [0.4, 0.5) is 5.69 Å². The van der Waals surface area contributed by atoms with Gasteiger partial charge in [0, 0.05) is 37.4 Å². The van der Waals surface area contributed by atoms with Crippen molar-refractivity contribution in [1.29, 1.82) is 0 Å². The molecule has 0 aliphatic carbocycles. The van der Waals surface area contributed by atoms with Crippen LogP contribution in [0.15, 0.2) is 83.8 Å². The minimum atomic E-state index is -3.70. The molecule has 1 fully saturated rings. The van der Waals surface area contributed by atoms with E-state index < -0.39 is 16.1 Å². The maximum atomic E-state index is 13.4. The summed E-state index contributed by atoms with van der Waals surface area (Å²) in [5.41, 5.74) is 3.15. The van der Waals surface area contributed by atoms with Crippen LogP contribution in [0.25, 0.3) is 0 Å². The number of benzene rings is 3. The van der Waals surface area contributed by atoms with Gasteiger partial charge in [0.1, 0.15) is 6.04 Å². The number of nitrogens with zero attached hydrogens (tertiary/aromatic N) is 2. The highest BCUT2D eigenvalue weighted by atomic mass is 32.2. The first-order valence-corrected chi connectivity index (χ1v) is 13.0. The van der Waals surface area contributed by atoms with Gasteiger partial charge >= 0.3 is 0 Å². The predicted octanol–water partition coefficient (Wildman–Crippen LogP) is 3.88. The molecule has 182 valence electrons. The van der Waals surface area contributed by atoms with Gasteiger partial charge in [0.05, 0.1) is 4.90 Å². The zero-order valence-corrected chi connectivity index (χ0v) is 20.7. The average molecular weight is 492 g/mol. The fraction of sp³-hybridized carbons (Fsp3) is 0.259. The van der Waals surface area contributed by atoms with Crippen LogP contribution in [0.1, 0.15) is 34.5 Å². The molecule has 3 aromatic carbocycles. The van der Waals surface area contributed by atoms with E-state index in [1.165, 1.54) is 35.5 Å². The quantitative estimate of drug-likeness (QED) is 0.507. The summed E-state index contributed by atoms with van der Waals surface area (Å²) in [6.45, 7) is 4.78. The molecule has 0 radical (unpaired) electrons. The Labute approximate surface area is 206 Å². The Morgan fingerprint density at radius 3 is 2.00 bits per heavy atom. The van der Waals surface area contributed by atoms with E-state index in [4.69, 9.17) is 0 Å². The molecule has 4 rings (SSSR count). The number of carbonyl (C=O) groups is 2. The van der Waals surface area contributed by atoms with Crippen LogP contribution in [0.3, 0.4) is 0 Å². The summed E-state index contributed by atoms with van der Waals surface area (Å²) in [6.07, 6.45) is 0. The van der Waals surface area contributed by atoms with E-state index in [-0.39, 0.29) is 29.7 Å². The molecule has 35 heavy (non-hydrogen) atoms. The number of amides is 1. The Hall–Kier alpha value is -3.33. The van der Waals surface area contributed by atoms with Gasteiger partial charge in [0.2, 0.25) is 15.9 Å². The number of nitrogens with one attached hydrogen (secondary N) is 1. The summed E-state index contributed by atoms with van der Waals surface area (Å²) in [6, 6.07) is 22.6. The molecule has 1 aliphatic heterocycles. The smallest absolute Gasteiger partial charge is 0.246 e. The van der Waals surface area contributed by atoms with Crippen LogP contribution in [-0.2, 0) is 14.8 Å². The van der Waals surface area contributed by atoms with E-state index in [2.05, 4.69) is 5.32 Å². The molecular formula is C27H29N3O4S. The molecule has 1 amide bonds. The number of piperazine rings is 1. The Morgan fingerprint density at radius 1 is 0.829 bits per heavy atom. The second-order valence-electron chi connectivity index (χ2n) is 8.69. The van der Waals surface area contributed by atoms with E-state index in [1.807, 2.05) is 66.4 Å². The molecule has 0 bridgehead atoms. The van der Waals surface area contributed by atoms with Gasteiger partial charge in [-0.25, -0.2) is 8.42 Å². The zero-order valence-electron chi connectivity index (χ0n) is 19.8. The van der Waals surface area contributed by atoms with E-state index in [9.17, 15) is 18.0 Å². The van der Waals surface area contributed by atoms with Crippen LogP contribution in [0, 0.1) is 6.92 Å². The molecule has 0 saturated carbocycles. The van der Waals surface area contributed by atoms with Crippen LogP contribution in [0.5, 0.6) is 0 Å². The first-order valence-electron chi connectivity index (χ1n) is 11.5. The molecule has 0 unspecified atom stereocenters. The van der Waals surface area contributed by atoms with Crippen molar-refractivity contribution in [1.82, 2.24) is 9.21 Å². The summed E-state index contributed by atoms with van der Waals surface area (Å²) in [4.78, 5) is 27.1. The highest BCUT2D eigenvalue weighted by Gasteiger charge is 2.34. The minimum Gasteiger partial charge on any atom is -0.324 e. The molecule has 1 heterocycles. The lowest BCUT2D eigenvalue weighted by Crippen LogP contribution is -2.51. The van der Waals surface area contributed by atoms with Crippen LogP contribution in [-0.4, -0.2) is 55.5 Å². The summed E-state index contributed by atoms with van der Waals surface area (Å²) in [5, 5.41) is 3.01. The van der Waals surface area contributed by atoms with Gasteiger partial charge in [0.15, 0.2) is 5.78 Å². The normalized spacial score (nSPS) is 15.9. The molecule has 7 nitrogen and oxygen atoms in total. The van der Waals surface area contributed by atoms with Gasteiger partial charge in [-0.3, -0.25) is 14.5 Å².